The topological polar surface area (TPSA) is 17.1 Å². The van der Waals surface area contributed by atoms with Crippen molar-refractivity contribution in [3.8, 4) is 0 Å². The maximum Gasteiger partial charge on any atom is 0.198 e. The van der Waals surface area contributed by atoms with Gasteiger partial charge in [0.15, 0.2) is 4.69 Å². The quantitative estimate of drug-likeness (QED) is 0.615. The lowest BCUT2D eigenvalue weighted by atomic mass is 9.99. The van der Waals surface area contributed by atoms with E-state index in [2.05, 4.69) is 31.9 Å². The first kappa shape index (κ1) is 10.9. The Morgan fingerprint density at radius 3 is 2.38 bits per heavy atom. The van der Waals surface area contributed by atoms with Gasteiger partial charge in [-0.1, -0.05) is 46.3 Å². The molecule has 3 heteroatoms. The molecule has 1 unspecified atom stereocenters. The van der Waals surface area contributed by atoms with Gasteiger partial charge in [-0.2, -0.15) is 0 Å². The predicted octanol–water partition coefficient (Wildman–Crippen LogP) is 3.48. The Balaban J connectivity index is 2.73. The SMILES string of the molecule is O=C(Br)CC(CBr)c1ccccc1. The van der Waals surface area contributed by atoms with E-state index in [0.29, 0.717) is 6.42 Å². The third kappa shape index (κ3) is 3.61. The van der Waals surface area contributed by atoms with E-state index in [9.17, 15) is 4.79 Å². The molecule has 0 spiro atoms. The maximum atomic E-state index is 10.9. The molecule has 0 saturated carbocycles. The monoisotopic (exact) mass is 304 g/mol. The van der Waals surface area contributed by atoms with Gasteiger partial charge in [-0.25, -0.2) is 0 Å². The lowest BCUT2D eigenvalue weighted by molar-refractivity contribution is -0.110. The summed E-state index contributed by atoms with van der Waals surface area (Å²) in [6.07, 6.45) is 0.537. The fourth-order valence-corrected chi connectivity index (χ4v) is 2.17. The van der Waals surface area contributed by atoms with E-state index in [1.165, 1.54) is 5.56 Å². The molecule has 13 heavy (non-hydrogen) atoms. The van der Waals surface area contributed by atoms with Gasteiger partial charge in [0.1, 0.15) is 0 Å². The summed E-state index contributed by atoms with van der Waals surface area (Å²) in [6.45, 7) is 0. The number of alkyl halides is 1. The van der Waals surface area contributed by atoms with Crippen LogP contribution in [0.25, 0.3) is 0 Å². The standard InChI is InChI=1S/C10H10Br2O/c11-7-9(6-10(12)13)8-4-2-1-3-5-8/h1-5,9H,6-7H2. The molecule has 0 aliphatic carbocycles. The van der Waals surface area contributed by atoms with Crippen molar-refractivity contribution in [3.05, 3.63) is 35.9 Å². The van der Waals surface area contributed by atoms with Crippen LogP contribution in [-0.4, -0.2) is 10.0 Å². The number of carbonyl (C=O) groups excluding carboxylic acids is 1. The maximum absolute atomic E-state index is 10.9. The Morgan fingerprint density at radius 2 is 1.92 bits per heavy atom. The summed E-state index contributed by atoms with van der Waals surface area (Å²) in [5, 5.41) is 0.814. The van der Waals surface area contributed by atoms with Crippen molar-refractivity contribution in [1.82, 2.24) is 0 Å². The molecule has 0 aliphatic rings. The average molecular weight is 306 g/mol. The summed E-state index contributed by atoms with van der Waals surface area (Å²) >= 11 is 6.36. The highest BCUT2D eigenvalue weighted by Gasteiger charge is 2.12. The minimum atomic E-state index is 0.0563. The van der Waals surface area contributed by atoms with Crippen molar-refractivity contribution in [1.29, 1.82) is 0 Å². The fourth-order valence-electron chi connectivity index (χ4n) is 1.18. The molecule has 0 fully saturated rings. The van der Waals surface area contributed by atoms with Crippen LogP contribution in [0, 0.1) is 0 Å². The highest BCUT2D eigenvalue weighted by molar-refractivity contribution is 9.18. The van der Waals surface area contributed by atoms with Crippen LogP contribution in [0.5, 0.6) is 0 Å². The zero-order valence-corrected chi connectivity index (χ0v) is 10.2. The van der Waals surface area contributed by atoms with E-state index in [-0.39, 0.29) is 10.6 Å². The molecule has 1 rings (SSSR count). The van der Waals surface area contributed by atoms with Gasteiger partial charge in [0.05, 0.1) is 0 Å². The van der Waals surface area contributed by atoms with Crippen molar-refractivity contribution in [2.45, 2.75) is 12.3 Å². The Morgan fingerprint density at radius 1 is 1.31 bits per heavy atom. The van der Waals surface area contributed by atoms with Crippen LogP contribution >= 0.6 is 31.9 Å². The van der Waals surface area contributed by atoms with E-state index in [4.69, 9.17) is 0 Å². The summed E-state index contributed by atoms with van der Waals surface area (Å²) in [4.78, 5) is 10.9. The minimum Gasteiger partial charge on any atom is -0.287 e. The van der Waals surface area contributed by atoms with Crippen LogP contribution in [0.1, 0.15) is 17.9 Å². The Kier molecular flexibility index (Phi) is 4.67. The normalized spacial score (nSPS) is 12.5. The third-order valence-electron chi connectivity index (χ3n) is 1.86. The molecule has 0 radical (unpaired) electrons. The van der Waals surface area contributed by atoms with E-state index < -0.39 is 0 Å². The smallest absolute Gasteiger partial charge is 0.198 e. The largest absolute Gasteiger partial charge is 0.287 e. The van der Waals surface area contributed by atoms with Crippen LogP contribution < -0.4 is 0 Å². The molecule has 1 aromatic carbocycles. The van der Waals surface area contributed by atoms with Crippen LogP contribution in [-0.2, 0) is 4.79 Å². The lowest BCUT2D eigenvalue weighted by Crippen LogP contribution is -2.03. The molecule has 0 amide bonds. The van der Waals surface area contributed by atoms with Gasteiger partial charge in [0.2, 0.25) is 0 Å². The Bertz CT molecular complexity index is 272. The van der Waals surface area contributed by atoms with Crippen molar-refractivity contribution in [2.24, 2.45) is 0 Å². The summed E-state index contributed by atoms with van der Waals surface area (Å²) in [7, 11) is 0. The van der Waals surface area contributed by atoms with Gasteiger partial charge in [-0.05, 0) is 21.5 Å². The van der Waals surface area contributed by atoms with Crippen molar-refractivity contribution in [2.75, 3.05) is 5.33 Å². The van der Waals surface area contributed by atoms with Crippen LogP contribution in [0.15, 0.2) is 30.3 Å². The van der Waals surface area contributed by atoms with Gasteiger partial charge >= 0.3 is 0 Å². The Labute approximate surface area is 94.8 Å². The van der Waals surface area contributed by atoms with Gasteiger partial charge in [-0.15, -0.1) is 0 Å². The molecule has 0 aliphatic heterocycles. The van der Waals surface area contributed by atoms with E-state index in [1.54, 1.807) is 0 Å². The van der Waals surface area contributed by atoms with E-state index in [0.717, 1.165) is 5.33 Å². The van der Waals surface area contributed by atoms with Gasteiger partial charge < -0.3 is 0 Å². The molecule has 70 valence electrons. The van der Waals surface area contributed by atoms with Crippen molar-refractivity contribution >= 4 is 36.6 Å². The number of hydrogen-bond acceptors (Lipinski definition) is 1. The molecule has 0 saturated heterocycles. The van der Waals surface area contributed by atoms with Crippen LogP contribution in [0.4, 0.5) is 0 Å². The number of hydrogen-bond donors (Lipinski definition) is 0. The molecule has 1 atom stereocenters. The summed E-state index contributed by atoms with van der Waals surface area (Å²) in [5.74, 6) is 0.271. The van der Waals surface area contributed by atoms with Crippen LogP contribution in [0.3, 0.4) is 0 Å². The average Bonchev–Trinajstić information content (AvgIpc) is 2.15. The Hall–Kier alpha value is -0.150. The number of halogens is 2. The first-order valence-electron chi connectivity index (χ1n) is 4.03. The highest BCUT2D eigenvalue weighted by atomic mass is 79.9. The van der Waals surface area contributed by atoms with Gasteiger partial charge in [0.25, 0.3) is 0 Å². The van der Waals surface area contributed by atoms with Gasteiger partial charge in [0, 0.05) is 17.7 Å². The van der Waals surface area contributed by atoms with Gasteiger partial charge in [-0.3, -0.25) is 4.79 Å². The first-order chi connectivity index (χ1) is 6.24. The summed E-state index contributed by atoms with van der Waals surface area (Å²) < 4.78 is 0.0563. The molecule has 1 aromatic rings. The second-order valence-corrected chi connectivity index (χ2v) is 4.35. The lowest BCUT2D eigenvalue weighted by Gasteiger charge is -2.11. The molecule has 0 N–H and O–H groups in total. The fraction of sp³-hybridized carbons (Fsp3) is 0.300. The molecule has 0 aromatic heterocycles. The number of carbonyl (C=O) groups is 1. The van der Waals surface area contributed by atoms with E-state index in [1.807, 2.05) is 30.3 Å². The first-order valence-corrected chi connectivity index (χ1v) is 5.94. The van der Waals surface area contributed by atoms with E-state index >= 15 is 0 Å². The minimum absolute atomic E-state index is 0.0563. The van der Waals surface area contributed by atoms with Crippen LogP contribution in [0.2, 0.25) is 0 Å². The molecular formula is C10H10Br2O. The number of benzene rings is 1. The molecule has 1 nitrogen and oxygen atoms in total. The van der Waals surface area contributed by atoms with Crippen molar-refractivity contribution in [3.63, 3.8) is 0 Å². The predicted molar refractivity (Wildman–Crippen MR) is 61.5 cm³/mol. The molecular weight excluding hydrogens is 296 g/mol. The molecule has 0 bridgehead atoms. The van der Waals surface area contributed by atoms with Crippen molar-refractivity contribution < 1.29 is 4.79 Å². The third-order valence-corrected chi connectivity index (χ3v) is 2.97. The highest BCUT2D eigenvalue weighted by Crippen LogP contribution is 2.22. The summed E-state index contributed by atoms with van der Waals surface area (Å²) in [5.41, 5.74) is 1.20. The summed E-state index contributed by atoms with van der Waals surface area (Å²) in [6, 6.07) is 10.0. The second kappa shape index (κ2) is 5.55. The second-order valence-electron chi connectivity index (χ2n) is 2.82. The zero-order chi connectivity index (χ0) is 9.68. The number of rotatable bonds is 4. The molecule has 0 heterocycles. The zero-order valence-electron chi connectivity index (χ0n) is 7.04.